The molecule has 2 atom stereocenters. The number of nitrogens with zero attached hydrogens (tertiary/aromatic N) is 2. The minimum atomic E-state index is -0.157. The maximum Gasteiger partial charge on any atom is 0.228 e. The summed E-state index contributed by atoms with van der Waals surface area (Å²) in [6.07, 6.45) is 3.23. The smallest absolute Gasteiger partial charge is 0.228 e. The molecule has 2 heterocycles. The van der Waals surface area contributed by atoms with Gasteiger partial charge in [-0.1, -0.05) is 0 Å². The molecule has 0 bridgehead atoms. The molecule has 5 nitrogen and oxygen atoms in total. The van der Waals surface area contributed by atoms with E-state index in [4.69, 9.17) is 5.11 Å². The van der Waals surface area contributed by atoms with E-state index < -0.39 is 0 Å². The van der Waals surface area contributed by atoms with Gasteiger partial charge in [0.1, 0.15) is 0 Å². The summed E-state index contributed by atoms with van der Waals surface area (Å²) in [4.78, 5) is 27.3. The molecule has 2 amide bonds. The van der Waals surface area contributed by atoms with E-state index in [2.05, 4.69) is 0 Å². The highest BCUT2D eigenvalue weighted by Gasteiger charge is 2.36. The number of carbonyl (C=O) groups excluding carboxylic acids is 2. The van der Waals surface area contributed by atoms with E-state index in [-0.39, 0.29) is 24.3 Å². The Morgan fingerprint density at radius 2 is 2.22 bits per heavy atom. The molecule has 2 rings (SSSR count). The molecule has 2 unspecified atom stereocenters. The molecule has 2 saturated heterocycles. The van der Waals surface area contributed by atoms with Gasteiger partial charge in [0.25, 0.3) is 0 Å². The highest BCUT2D eigenvalue weighted by atomic mass is 16.3. The van der Waals surface area contributed by atoms with Crippen LogP contribution in [0.25, 0.3) is 0 Å². The van der Waals surface area contributed by atoms with Crippen LogP contribution < -0.4 is 0 Å². The summed E-state index contributed by atoms with van der Waals surface area (Å²) in [5.41, 5.74) is 0. The average Bonchev–Trinajstić information content (AvgIpc) is 2.69. The monoisotopic (exact) mass is 254 g/mol. The van der Waals surface area contributed by atoms with Crippen molar-refractivity contribution in [2.45, 2.75) is 25.7 Å². The van der Waals surface area contributed by atoms with Gasteiger partial charge in [-0.05, 0) is 25.2 Å². The fraction of sp³-hybridized carbons (Fsp3) is 0.846. The van der Waals surface area contributed by atoms with Crippen molar-refractivity contribution >= 4 is 11.8 Å². The van der Waals surface area contributed by atoms with E-state index in [0.717, 1.165) is 32.4 Å². The Morgan fingerprint density at radius 3 is 2.83 bits per heavy atom. The zero-order valence-corrected chi connectivity index (χ0v) is 11.0. The van der Waals surface area contributed by atoms with Gasteiger partial charge in [-0.2, -0.15) is 0 Å². The average molecular weight is 254 g/mol. The minimum absolute atomic E-state index is 0.0669. The van der Waals surface area contributed by atoms with Crippen LogP contribution in [0.15, 0.2) is 0 Å². The molecular weight excluding hydrogens is 232 g/mol. The molecule has 0 aromatic carbocycles. The van der Waals surface area contributed by atoms with E-state index in [1.54, 1.807) is 11.9 Å². The molecule has 0 saturated carbocycles. The molecule has 0 aromatic rings. The van der Waals surface area contributed by atoms with Crippen LogP contribution in [0.2, 0.25) is 0 Å². The summed E-state index contributed by atoms with van der Waals surface area (Å²) >= 11 is 0. The molecule has 0 aliphatic carbocycles. The Balaban J connectivity index is 1.90. The molecule has 102 valence electrons. The Labute approximate surface area is 108 Å². The zero-order chi connectivity index (χ0) is 13.1. The van der Waals surface area contributed by atoms with Crippen molar-refractivity contribution in [2.24, 2.45) is 11.8 Å². The number of amides is 2. The van der Waals surface area contributed by atoms with Crippen molar-refractivity contribution in [3.8, 4) is 0 Å². The number of carbonyl (C=O) groups is 2. The van der Waals surface area contributed by atoms with Crippen molar-refractivity contribution in [3.63, 3.8) is 0 Å². The molecular formula is C13H22N2O3. The van der Waals surface area contributed by atoms with Crippen molar-refractivity contribution in [1.29, 1.82) is 0 Å². The number of likely N-dealkylation sites (tertiary alicyclic amines) is 2. The first-order valence-electron chi connectivity index (χ1n) is 6.75. The maximum atomic E-state index is 12.3. The summed E-state index contributed by atoms with van der Waals surface area (Å²) in [5.74, 6) is 0.450. The van der Waals surface area contributed by atoms with Gasteiger partial charge in [-0.3, -0.25) is 9.59 Å². The maximum absolute atomic E-state index is 12.3. The highest BCUT2D eigenvalue weighted by molar-refractivity contribution is 5.89. The SMILES string of the molecule is CN1CC(C(=O)N2CCCC(CCO)C2)CC1=O. The molecule has 0 aromatic heterocycles. The number of hydrogen-bond donors (Lipinski definition) is 1. The second-order valence-corrected chi connectivity index (χ2v) is 5.48. The van der Waals surface area contributed by atoms with E-state index >= 15 is 0 Å². The van der Waals surface area contributed by atoms with Gasteiger partial charge < -0.3 is 14.9 Å². The summed E-state index contributed by atoms with van der Waals surface area (Å²) < 4.78 is 0. The lowest BCUT2D eigenvalue weighted by atomic mass is 9.94. The predicted octanol–water partition coefficient (Wildman–Crippen LogP) is 0.0857. The molecule has 2 aliphatic heterocycles. The van der Waals surface area contributed by atoms with Crippen LogP contribution in [0.3, 0.4) is 0 Å². The zero-order valence-electron chi connectivity index (χ0n) is 11.0. The predicted molar refractivity (Wildman–Crippen MR) is 66.8 cm³/mol. The van der Waals surface area contributed by atoms with Crippen molar-refractivity contribution in [2.75, 3.05) is 33.3 Å². The van der Waals surface area contributed by atoms with Crippen molar-refractivity contribution in [1.82, 2.24) is 9.80 Å². The normalized spacial score (nSPS) is 28.9. The number of hydrogen-bond acceptors (Lipinski definition) is 3. The van der Waals surface area contributed by atoms with Gasteiger partial charge in [0.05, 0.1) is 5.92 Å². The molecule has 0 radical (unpaired) electrons. The van der Waals surface area contributed by atoms with Crippen molar-refractivity contribution < 1.29 is 14.7 Å². The Hall–Kier alpha value is -1.10. The third-order valence-corrected chi connectivity index (χ3v) is 4.06. The Bertz CT molecular complexity index is 330. The van der Waals surface area contributed by atoms with Gasteiger partial charge in [-0.25, -0.2) is 0 Å². The number of aliphatic hydroxyl groups is 1. The number of rotatable bonds is 3. The van der Waals surface area contributed by atoms with E-state index in [0.29, 0.717) is 18.9 Å². The lowest BCUT2D eigenvalue weighted by molar-refractivity contribution is -0.137. The first kappa shape index (κ1) is 13.3. The molecule has 2 aliphatic rings. The third kappa shape index (κ3) is 2.83. The van der Waals surface area contributed by atoms with Crippen LogP contribution >= 0.6 is 0 Å². The molecule has 2 fully saturated rings. The summed E-state index contributed by atoms with van der Waals surface area (Å²) in [6.45, 7) is 2.29. The minimum Gasteiger partial charge on any atom is -0.396 e. The van der Waals surface area contributed by atoms with Crippen LogP contribution in [0, 0.1) is 11.8 Å². The summed E-state index contributed by atoms with van der Waals surface area (Å²) in [6, 6.07) is 0. The van der Waals surface area contributed by atoms with Gasteiger partial charge in [0.2, 0.25) is 11.8 Å². The summed E-state index contributed by atoms with van der Waals surface area (Å²) in [5, 5.41) is 8.97. The van der Waals surface area contributed by atoms with Crippen LogP contribution in [-0.2, 0) is 9.59 Å². The van der Waals surface area contributed by atoms with Crippen LogP contribution in [0.4, 0.5) is 0 Å². The van der Waals surface area contributed by atoms with E-state index in [1.165, 1.54) is 0 Å². The number of piperidine rings is 1. The van der Waals surface area contributed by atoms with Gasteiger partial charge in [-0.15, -0.1) is 0 Å². The van der Waals surface area contributed by atoms with E-state index in [1.807, 2.05) is 4.90 Å². The standard InChI is InChI=1S/C13H22N2O3/c1-14-9-11(7-12(14)17)13(18)15-5-2-3-10(8-15)4-6-16/h10-11,16H,2-9H2,1H3. The largest absolute Gasteiger partial charge is 0.396 e. The fourth-order valence-electron chi connectivity index (χ4n) is 2.97. The first-order chi connectivity index (χ1) is 8.61. The van der Waals surface area contributed by atoms with Gasteiger partial charge in [0, 0.05) is 39.7 Å². The van der Waals surface area contributed by atoms with Crippen LogP contribution in [0.5, 0.6) is 0 Å². The fourth-order valence-corrected chi connectivity index (χ4v) is 2.97. The second-order valence-electron chi connectivity index (χ2n) is 5.48. The van der Waals surface area contributed by atoms with Crippen LogP contribution in [0.1, 0.15) is 25.7 Å². The van der Waals surface area contributed by atoms with Crippen molar-refractivity contribution in [3.05, 3.63) is 0 Å². The summed E-state index contributed by atoms with van der Waals surface area (Å²) in [7, 11) is 1.75. The second kappa shape index (κ2) is 5.69. The quantitative estimate of drug-likeness (QED) is 0.776. The van der Waals surface area contributed by atoms with Crippen LogP contribution in [-0.4, -0.2) is 60.0 Å². The van der Waals surface area contributed by atoms with E-state index in [9.17, 15) is 9.59 Å². The lowest BCUT2D eigenvalue weighted by Gasteiger charge is -2.34. The topological polar surface area (TPSA) is 60.9 Å². The lowest BCUT2D eigenvalue weighted by Crippen LogP contribution is -2.43. The van der Waals surface area contributed by atoms with Gasteiger partial charge in [0.15, 0.2) is 0 Å². The first-order valence-corrected chi connectivity index (χ1v) is 6.75. The molecule has 5 heteroatoms. The molecule has 0 spiro atoms. The molecule has 1 N–H and O–H groups in total. The van der Waals surface area contributed by atoms with Gasteiger partial charge >= 0.3 is 0 Å². The number of aliphatic hydroxyl groups excluding tert-OH is 1. The third-order valence-electron chi connectivity index (χ3n) is 4.06. The Morgan fingerprint density at radius 1 is 1.44 bits per heavy atom. The highest BCUT2D eigenvalue weighted by Crippen LogP contribution is 2.24. The Kier molecular flexibility index (Phi) is 4.22. The molecule has 18 heavy (non-hydrogen) atoms.